The Morgan fingerprint density at radius 3 is 2.50 bits per heavy atom. The predicted molar refractivity (Wildman–Crippen MR) is 129 cm³/mol. The molecule has 0 saturated heterocycles. The first-order valence-corrected chi connectivity index (χ1v) is 11.0. The summed E-state index contributed by atoms with van der Waals surface area (Å²) < 4.78 is 18.5. The molecule has 0 fully saturated rings. The Kier molecular flexibility index (Phi) is 8.55. The maximum atomic E-state index is 13.6. The number of ether oxygens (including phenoxy) is 1. The third-order valence-corrected chi connectivity index (χ3v) is 4.88. The van der Waals surface area contributed by atoms with E-state index in [4.69, 9.17) is 4.74 Å². The van der Waals surface area contributed by atoms with Crippen molar-refractivity contribution in [2.75, 3.05) is 29.6 Å². The van der Waals surface area contributed by atoms with Crippen LogP contribution in [0.2, 0.25) is 0 Å². The molecule has 4 N–H and O–H groups in total. The number of carbonyl (C=O) groups is 1. The van der Waals surface area contributed by atoms with Crippen molar-refractivity contribution in [1.29, 1.82) is 0 Å². The van der Waals surface area contributed by atoms with Crippen LogP contribution in [0.15, 0.2) is 48.5 Å². The zero-order chi connectivity index (χ0) is 24.5. The van der Waals surface area contributed by atoms with Crippen molar-refractivity contribution in [3.05, 3.63) is 59.9 Å². The standard InChI is InChI=1S/C24H29FN6O3/c1-15(2)13-19(21(33)34-3)28-24-30-22(26-12-11-16-7-4-5-10-20(16)32)29-23(31-24)27-18-9-6-8-17(25)14-18/h4-10,14-15,19,32H,11-13H2,1-3H3,(H3,26,27,28,29,30,31)/t19-/m0/s1. The molecular weight excluding hydrogens is 439 g/mol. The molecule has 0 radical (unpaired) electrons. The highest BCUT2D eigenvalue weighted by Crippen LogP contribution is 2.19. The van der Waals surface area contributed by atoms with Gasteiger partial charge in [-0.25, -0.2) is 9.18 Å². The minimum Gasteiger partial charge on any atom is -0.508 e. The summed E-state index contributed by atoms with van der Waals surface area (Å²) in [7, 11) is 1.33. The van der Waals surface area contributed by atoms with Crippen LogP contribution in [0.25, 0.3) is 0 Å². The summed E-state index contributed by atoms with van der Waals surface area (Å²) in [5.74, 6) is 0.185. The van der Waals surface area contributed by atoms with Gasteiger partial charge in [0, 0.05) is 12.2 Å². The third kappa shape index (κ3) is 7.29. The fourth-order valence-corrected chi connectivity index (χ4v) is 3.29. The maximum Gasteiger partial charge on any atom is 0.328 e. The van der Waals surface area contributed by atoms with E-state index >= 15 is 0 Å². The first kappa shape index (κ1) is 24.7. The molecule has 9 nitrogen and oxygen atoms in total. The van der Waals surface area contributed by atoms with E-state index in [9.17, 15) is 14.3 Å². The SMILES string of the molecule is COC(=O)[C@H](CC(C)C)Nc1nc(NCCc2ccccc2O)nc(Nc2cccc(F)c2)n1. The topological polar surface area (TPSA) is 121 Å². The molecule has 0 saturated carbocycles. The summed E-state index contributed by atoms with van der Waals surface area (Å²) in [6, 6.07) is 12.3. The van der Waals surface area contributed by atoms with Gasteiger partial charge in [0.2, 0.25) is 17.8 Å². The number of phenolic OH excluding ortho intramolecular Hbond substituents is 1. The summed E-state index contributed by atoms with van der Waals surface area (Å²) in [6.45, 7) is 4.43. The number of para-hydroxylation sites is 1. The molecule has 0 aliphatic carbocycles. The number of benzene rings is 2. The Morgan fingerprint density at radius 1 is 1.06 bits per heavy atom. The van der Waals surface area contributed by atoms with Gasteiger partial charge in [-0.05, 0) is 48.6 Å². The van der Waals surface area contributed by atoms with Crippen molar-refractivity contribution < 1.29 is 19.0 Å². The van der Waals surface area contributed by atoms with Gasteiger partial charge >= 0.3 is 5.97 Å². The van der Waals surface area contributed by atoms with Gasteiger partial charge in [0.05, 0.1) is 7.11 Å². The normalized spacial score (nSPS) is 11.7. The Bertz CT molecular complexity index is 1110. The first-order valence-electron chi connectivity index (χ1n) is 11.0. The van der Waals surface area contributed by atoms with Gasteiger partial charge in [-0.3, -0.25) is 0 Å². The summed E-state index contributed by atoms with van der Waals surface area (Å²) in [6.07, 6.45) is 1.05. The van der Waals surface area contributed by atoms with Gasteiger partial charge in [0.1, 0.15) is 17.6 Å². The van der Waals surface area contributed by atoms with Gasteiger partial charge in [0.25, 0.3) is 0 Å². The number of phenols is 1. The van der Waals surface area contributed by atoms with E-state index in [1.165, 1.54) is 19.2 Å². The minimum atomic E-state index is -0.650. The lowest BCUT2D eigenvalue weighted by Crippen LogP contribution is -2.33. The van der Waals surface area contributed by atoms with Crippen LogP contribution in [0.1, 0.15) is 25.8 Å². The summed E-state index contributed by atoms with van der Waals surface area (Å²) >= 11 is 0. The number of aromatic hydroxyl groups is 1. The van der Waals surface area contributed by atoms with Gasteiger partial charge in [0.15, 0.2) is 0 Å². The summed E-state index contributed by atoms with van der Waals surface area (Å²) in [5.41, 5.74) is 1.24. The quantitative estimate of drug-likeness (QED) is 0.308. The number of hydrogen-bond donors (Lipinski definition) is 4. The largest absolute Gasteiger partial charge is 0.508 e. The molecule has 0 amide bonds. The fraction of sp³-hybridized carbons (Fsp3) is 0.333. The molecule has 3 rings (SSSR count). The number of methoxy groups -OCH3 is 1. The van der Waals surface area contributed by atoms with E-state index in [0.717, 1.165) is 5.56 Å². The number of hydrogen-bond acceptors (Lipinski definition) is 9. The first-order chi connectivity index (χ1) is 16.3. The molecular formula is C24H29FN6O3. The Hall–Kier alpha value is -3.95. The van der Waals surface area contributed by atoms with E-state index in [2.05, 4.69) is 30.9 Å². The Labute approximate surface area is 197 Å². The van der Waals surface area contributed by atoms with Gasteiger partial charge in [-0.15, -0.1) is 0 Å². The van der Waals surface area contributed by atoms with Crippen molar-refractivity contribution in [1.82, 2.24) is 15.0 Å². The molecule has 0 spiro atoms. The Morgan fingerprint density at radius 2 is 1.79 bits per heavy atom. The number of aromatic nitrogens is 3. The molecule has 3 aromatic rings. The van der Waals surface area contributed by atoms with Crippen molar-refractivity contribution in [2.24, 2.45) is 5.92 Å². The van der Waals surface area contributed by atoms with Crippen molar-refractivity contribution in [2.45, 2.75) is 32.7 Å². The number of halogens is 1. The number of anilines is 4. The van der Waals surface area contributed by atoms with E-state index in [1.54, 1.807) is 24.3 Å². The molecule has 34 heavy (non-hydrogen) atoms. The molecule has 1 atom stereocenters. The second kappa shape index (κ2) is 11.8. The second-order valence-corrected chi connectivity index (χ2v) is 8.10. The number of rotatable bonds is 11. The number of nitrogens with one attached hydrogen (secondary N) is 3. The highest BCUT2D eigenvalue weighted by Gasteiger charge is 2.22. The molecule has 2 aromatic carbocycles. The van der Waals surface area contributed by atoms with Crippen molar-refractivity contribution in [3.8, 4) is 5.75 Å². The van der Waals surface area contributed by atoms with E-state index in [0.29, 0.717) is 25.1 Å². The van der Waals surface area contributed by atoms with E-state index in [1.807, 2.05) is 26.0 Å². The number of nitrogens with zero attached hydrogens (tertiary/aromatic N) is 3. The molecule has 0 bridgehead atoms. The molecule has 0 unspecified atom stereocenters. The maximum absolute atomic E-state index is 13.6. The van der Waals surface area contributed by atoms with Crippen molar-refractivity contribution >= 4 is 29.5 Å². The van der Waals surface area contributed by atoms with Crippen LogP contribution >= 0.6 is 0 Å². The van der Waals surface area contributed by atoms with Crippen LogP contribution in [0.5, 0.6) is 5.75 Å². The zero-order valence-corrected chi connectivity index (χ0v) is 19.4. The number of carbonyl (C=O) groups excluding carboxylic acids is 1. The lowest BCUT2D eigenvalue weighted by Gasteiger charge is -2.19. The molecule has 1 aromatic heterocycles. The van der Waals surface area contributed by atoms with Crippen molar-refractivity contribution in [3.63, 3.8) is 0 Å². The van der Waals surface area contributed by atoms with Crippen LogP contribution in [0.4, 0.5) is 27.9 Å². The molecule has 180 valence electrons. The average molecular weight is 469 g/mol. The zero-order valence-electron chi connectivity index (χ0n) is 19.4. The monoisotopic (exact) mass is 468 g/mol. The molecule has 10 heteroatoms. The third-order valence-electron chi connectivity index (χ3n) is 4.88. The fourth-order valence-electron chi connectivity index (χ4n) is 3.29. The number of esters is 1. The summed E-state index contributed by atoms with van der Waals surface area (Å²) in [5, 5.41) is 19.1. The van der Waals surface area contributed by atoms with Gasteiger partial charge in [-0.2, -0.15) is 15.0 Å². The van der Waals surface area contributed by atoms with Crippen LogP contribution in [-0.2, 0) is 16.0 Å². The van der Waals surface area contributed by atoms with Crippen LogP contribution in [0.3, 0.4) is 0 Å². The van der Waals surface area contributed by atoms with Crippen LogP contribution < -0.4 is 16.0 Å². The van der Waals surface area contributed by atoms with Gasteiger partial charge < -0.3 is 25.8 Å². The molecule has 0 aliphatic rings. The Balaban J connectivity index is 1.82. The summed E-state index contributed by atoms with van der Waals surface area (Å²) in [4.78, 5) is 25.3. The van der Waals surface area contributed by atoms with Gasteiger partial charge in [-0.1, -0.05) is 38.1 Å². The van der Waals surface area contributed by atoms with E-state index < -0.39 is 17.8 Å². The second-order valence-electron chi connectivity index (χ2n) is 8.10. The highest BCUT2D eigenvalue weighted by atomic mass is 19.1. The van der Waals surface area contributed by atoms with Crippen LogP contribution in [0, 0.1) is 11.7 Å². The smallest absolute Gasteiger partial charge is 0.328 e. The predicted octanol–water partition coefficient (Wildman–Crippen LogP) is 4.11. The average Bonchev–Trinajstić information content (AvgIpc) is 2.79. The minimum absolute atomic E-state index is 0.162. The molecule has 0 aliphatic heterocycles. The van der Waals surface area contributed by atoms with Crippen LogP contribution in [-0.4, -0.2) is 45.7 Å². The highest BCUT2D eigenvalue weighted by molar-refractivity contribution is 5.78. The molecule has 1 heterocycles. The van der Waals surface area contributed by atoms with E-state index in [-0.39, 0.29) is 29.5 Å². The lowest BCUT2D eigenvalue weighted by atomic mass is 10.0. The lowest BCUT2D eigenvalue weighted by molar-refractivity contribution is -0.141.